The summed E-state index contributed by atoms with van der Waals surface area (Å²) in [6, 6.07) is 7.27. The second-order valence-electron chi connectivity index (χ2n) is 6.72. The van der Waals surface area contributed by atoms with E-state index < -0.39 is 5.60 Å². The number of likely N-dealkylation sites (tertiary alicyclic amines) is 1. The summed E-state index contributed by atoms with van der Waals surface area (Å²) in [4.78, 5) is 26.5. The van der Waals surface area contributed by atoms with Gasteiger partial charge in [0.15, 0.2) is 0 Å². The molecule has 0 aliphatic carbocycles. The molecule has 2 aliphatic rings. The highest BCUT2D eigenvalue weighted by molar-refractivity contribution is 7.99. The van der Waals surface area contributed by atoms with E-state index in [-0.39, 0.29) is 17.6 Å². The first-order valence-electron chi connectivity index (χ1n) is 8.82. The molecule has 2 amide bonds. The maximum Gasteiger partial charge on any atom is 0.277 e. The number of piperidine rings is 1. The number of fused-ring (bicyclic) bond motifs is 1. The van der Waals surface area contributed by atoms with Gasteiger partial charge < -0.3 is 19.4 Å². The van der Waals surface area contributed by atoms with Crippen LogP contribution in [0, 0.1) is 6.92 Å². The minimum absolute atomic E-state index is 0.0313. The summed E-state index contributed by atoms with van der Waals surface area (Å²) in [5, 5.41) is 11.0. The quantitative estimate of drug-likeness (QED) is 0.799. The van der Waals surface area contributed by atoms with Crippen LogP contribution in [0.1, 0.15) is 29.1 Å². The van der Waals surface area contributed by atoms with Crippen LogP contribution in [0.2, 0.25) is 0 Å². The van der Waals surface area contributed by atoms with Gasteiger partial charge in [-0.3, -0.25) is 9.59 Å². The summed E-state index contributed by atoms with van der Waals surface area (Å²) in [5.74, 6) is 1.26. The lowest BCUT2D eigenvalue weighted by molar-refractivity contribution is -0.131. The van der Waals surface area contributed by atoms with Crippen molar-refractivity contribution in [3.8, 4) is 5.75 Å². The van der Waals surface area contributed by atoms with Crippen LogP contribution >= 0.6 is 11.8 Å². The number of benzene rings is 1. The van der Waals surface area contributed by atoms with Gasteiger partial charge in [0, 0.05) is 32.9 Å². The lowest BCUT2D eigenvalue weighted by atomic mass is 9.91. The van der Waals surface area contributed by atoms with Crippen molar-refractivity contribution in [2.75, 3.05) is 25.4 Å². The molecule has 3 heterocycles. The lowest BCUT2D eigenvalue weighted by Crippen LogP contribution is -2.54. The zero-order valence-electron chi connectivity index (χ0n) is 14.9. The first-order valence-corrected chi connectivity index (χ1v) is 9.80. The molecule has 0 bridgehead atoms. The number of para-hydroxylation sites is 1. The number of nitrogens with one attached hydrogen (secondary N) is 1. The van der Waals surface area contributed by atoms with Gasteiger partial charge in [-0.25, -0.2) is 0 Å². The van der Waals surface area contributed by atoms with Crippen molar-refractivity contribution >= 4 is 23.6 Å². The van der Waals surface area contributed by atoms with Crippen LogP contribution in [0.25, 0.3) is 0 Å². The predicted molar refractivity (Wildman–Crippen MR) is 97.7 cm³/mol. The summed E-state index contributed by atoms with van der Waals surface area (Å²) in [6.07, 6.45) is 1.33. The summed E-state index contributed by atoms with van der Waals surface area (Å²) < 4.78 is 11.5. The Morgan fingerprint density at radius 3 is 2.81 bits per heavy atom. The fourth-order valence-electron chi connectivity index (χ4n) is 3.34. The fraction of sp³-hybridized carbons (Fsp3) is 0.444. The molecule has 1 aromatic carbocycles. The normalized spacial score (nSPS) is 18.4. The predicted octanol–water partition coefficient (Wildman–Crippen LogP) is 1.65. The average Bonchev–Trinajstić information content (AvgIpc) is 3.05. The zero-order chi connectivity index (χ0) is 18.9. The van der Waals surface area contributed by atoms with Gasteiger partial charge in [-0.2, -0.15) is 0 Å². The van der Waals surface area contributed by atoms with E-state index in [1.165, 1.54) is 11.8 Å². The van der Waals surface area contributed by atoms with Crippen LogP contribution in [-0.2, 0) is 4.79 Å². The van der Waals surface area contributed by atoms with Crippen LogP contribution in [0.4, 0.5) is 0 Å². The molecule has 1 saturated heterocycles. The van der Waals surface area contributed by atoms with Gasteiger partial charge in [0.1, 0.15) is 11.4 Å². The third-order valence-electron chi connectivity index (χ3n) is 4.88. The Bertz CT molecular complexity index is 861. The fourth-order valence-corrected chi connectivity index (χ4v) is 4.05. The van der Waals surface area contributed by atoms with Crippen LogP contribution in [0.15, 0.2) is 33.9 Å². The van der Waals surface area contributed by atoms with Crippen LogP contribution in [0.3, 0.4) is 0 Å². The zero-order valence-corrected chi connectivity index (χ0v) is 15.8. The first-order chi connectivity index (χ1) is 13.0. The number of carbonyl (C=O) groups is 2. The highest BCUT2D eigenvalue weighted by atomic mass is 32.2. The number of amides is 2. The molecule has 2 aliphatic heterocycles. The number of ether oxygens (including phenoxy) is 1. The Hall–Kier alpha value is -2.55. The summed E-state index contributed by atoms with van der Waals surface area (Å²) in [6.45, 7) is 3.33. The first kappa shape index (κ1) is 17.8. The molecule has 0 unspecified atom stereocenters. The Labute approximate surface area is 160 Å². The minimum atomic E-state index is -0.476. The van der Waals surface area contributed by atoms with Gasteiger partial charge in [0.2, 0.25) is 11.8 Å². The summed E-state index contributed by atoms with van der Waals surface area (Å²) in [5.41, 5.74) is 0.0783. The van der Waals surface area contributed by atoms with E-state index in [0.29, 0.717) is 54.9 Å². The molecular weight excluding hydrogens is 368 g/mol. The molecule has 142 valence electrons. The second-order valence-corrected chi connectivity index (χ2v) is 7.65. The second kappa shape index (κ2) is 7.22. The monoisotopic (exact) mass is 388 g/mol. The van der Waals surface area contributed by atoms with Crippen LogP contribution < -0.4 is 10.1 Å². The number of hydrogen-bond donors (Lipinski definition) is 1. The maximum absolute atomic E-state index is 12.5. The average molecular weight is 388 g/mol. The summed E-state index contributed by atoms with van der Waals surface area (Å²) >= 11 is 1.24. The van der Waals surface area contributed by atoms with E-state index in [9.17, 15) is 9.59 Å². The summed E-state index contributed by atoms with van der Waals surface area (Å²) in [7, 11) is 0. The SMILES string of the molecule is Cc1nnc(SCC(=O)N2CCC3(CC2)CNC(=O)c2ccccc2O3)o1. The molecule has 4 rings (SSSR count). The standard InChI is InChI=1S/C18H20N4O4S/c1-12-20-21-17(25-12)27-10-15(23)22-8-6-18(7-9-22)11-19-16(24)13-4-2-3-5-14(13)26-18/h2-5H,6-11H2,1H3,(H,19,24). The van der Waals surface area contributed by atoms with Crippen molar-refractivity contribution in [3.05, 3.63) is 35.7 Å². The largest absolute Gasteiger partial charge is 0.484 e. The topological polar surface area (TPSA) is 97.6 Å². The van der Waals surface area contributed by atoms with Crippen molar-refractivity contribution in [1.29, 1.82) is 0 Å². The molecule has 0 saturated carbocycles. The van der Waals surface area contributed by atoms with E-state index in [4.69, 9.17) is 9.15 Å². The molecular formula is C18H20N4O4S. The molecule has 2 aromatic rings. The highest BCUT2D eigenvalue weighted by Gasteiger charge is 2.40. The van der Waals surface area contributed by atoms with Gasteiger partial charge >= 0.3 is 0 Å². The molecule has 1 spiro atoms. The molecule has 9 heteroatoms. The van der Waals surface area contributed by atoms with E-state index in [1.807, 2.05) is 23.1 Å². The Kier molecular flexibility index (Phi) is 4.77. The number of aromatic nitrogens is 2. The van der Waals surface area contributed by atoms with E-state index in [0.717, 1.165) is 0 Å². The Morgan fingerprint density at radius 2 is 2.07 bits per heavy atom. The van der Waals surface area contributed by atoms with Crippen molar-refractivity contribution in [3.63, 3.8) is 0 Å². The molecule has 27 heavy (non-hydrogen) atoms. The third-order valence-corrected chi connectivity index (χ3v) is 5.69. The molecule has 8 nitrogen and oxygen atoms in total. The van der Waals surface area contributed by atoms with Gasteiger partial charge in [-0.05, 0) is 12.1 Å². The Morgan fingerprint density at radius 1 is 1.30 bits per heavy atom. The minimum Gasteiger partial charge on any atom is -0.484 e. The van der Waals surface area contributed by atoms with E-state index >= 15 is 0 Å². The van der Waals surface area contributed by atoms with Crippen molar-refractivity contribution < 1.29 is 18.7 Å². The number of carbonyl (C=O) groups excluding carboxylic acids is 2. The Balaban J connectivity index is 1.37. The maximum atomic E-state index is 12.5. The van der Waals surface area contributed by atoms with Gasteiger partial charge in [0.25, 0.3) is 11.1 Å². The lowest BCUT2D eigenvalue weighted by Gasteiger charge is -2.41. The molecule has 1 fully saturated rings. The number of hydrogen-bond acceptors (Lipinski definition) is 7. The van der Waals surface area contributed by atoms with E-state index in [1.54, 1.807) is 13.0 Å². The number of nitrogens with zero attached hydrogens (tertiary/aromatic N) is 3. The molecule has 1 aromatic heterocycles. The van der Waals surface area contributed by atoms with Crippen LogP contribution in [0.5, 0.6) is 5.75 Å². The van der Waals surface area contributed by atoms with Crippen molar-refractivity contribution in [1.82, 2.24) is 20.4 Å². The highest BCUT2D eigenvalue weighted by Crippen LogP contribution is 2.33. The number of aryl methyl sites for hydroxylation is 1. The van der Waals surface area contributed by atoms with Crippen LogP contribution in [-0.4, -0.2) is 57.9 Å². The van der Waals surface area contributed by atoms with Gasteiger partial charge in [-0.15, -0.1) is 10.2 Å². The smallest absolute Gasteiger partial charge is 0.277 e. The molecule has 0 atom stereocenters. The van der Waals surface area contributed by atoms with Crippen molar-refractivity contribution in [2.24, 2.45) is 0 Å². The number of thioether (sulfide) groups is 1. The van der Waals surface area contributed by atoms with Gasteiger partial charge in [-0.1, -0.05) is 23.9 Å². The molecule has 0 radical (unpaired) electrons. The van der Waals surface area contributed by atoms with Crippen molar-refractivity contribution in [2.45, 2.75) is 30.6 Å². The van der Waals surface area contributed by atoms with E-state index in [2.05, 4.69) is 15.5 Å². The van der Waals surface area contributed by atoms with Gasteiger partial charge in [0.05, 0.1) is 17.9 Å². The third kappa shape index (κ3) is 3.78. The number of rotatable bonds is 3. The molecule has 1 N–H and O–H groups in total.